The second-order valence-corrected chi connectivity index (χ2v) is 5.59. The minimum absolute atomic E-state index is 0.00295. The highest BCUT2D eigenvalue weighted by atomic mass is 16.1. The van der Waals surface area contributed by atoms with Gasteiger partial charge in [0.05, 0.1) is 23.5 Å². The lowest BCUT2D eigenvalue weighted by Crippen LogP contribution is -2.28. The topological polar surface area (TPSA) is 57.8 Å². The number of nitrogens with one attached hydrogen (secondary N) is 2. The fourth-order valence-electron chi connectivity index (χ4n) is 2.43. The van der Waals surface area contributed by atoms with E-state index in [4.69, 9.17) is 0 Å². The van der Waals surface area contributed by atoms with Crippen LogP contribution in [-0.4, -0.2) is 15.9 Å². The van der Waals surface area contributed by atoms with Crippen molar-refractivity contribution in [2.45, 2.75) is 26.3 Å². The standard InChI is InChI=1S/C18H19N3O/c1-12-7-9-14(10-8-12)11-17(22)19-13(2)18-20-15-5-3-4-6-16(15)21-18/h3-10,13H,11H2,1-2H3,(H,19,22)(H,20,21)/t13-/m1/s1. The smallest absolute Gasteiger partial charge is 0.224 e. The largest absolute Gasteiger partial charge is 0.346 e. The second kappa shape index (κ2) is 6.02. The van der Waals surface area contributed by atoms with E-state index in [1.165, 1.54) is 5.56 Å². The van der Waals surface area contributed by atoms with Gasteiger partial charge in [0.1, 0.15) is 5.82 Å². The van der Waals surface area contributed by atoms with E-state index in [0.717, 1.165) is 22.4 Å². The van der Waals surface area contributed by atoms with Crippen molar-refractivity contribution in [2.24, 2.45) is 0 Å². The Balaban J connectivity index is 1.66. The van der Waals surface area contributed by atoms with Gasteiger partial charge in [-0.25, -0.2) is 4.98 Å². The van der Waals surface area contributed by atoms with Crippen LogP contribution in [0.25, 0.3) is 11.0 Å². The summed E-state index contributed by atoms with van der Waals surface area (Å²) in [5.41, 5.74) is 4.11. The van der Waals surface area contributed by atoms with Gasteiger partial charge in [0.15, 0.2) is 0 Å². The summed E-state index contributed by atoms with van der Waals surface area (Å²) in [6, 6.07) is 15.7. The van der Waals surface area contributed by atoms with E-state index in [0.29, 0.717) is 6.42 Å². The van der Waals surface area contributed by atoms with Gasteiger partial charge in [-0.1, -0.05) is 42.0 Å². The number of carbonyl (C=O) groups is 1. The van der Waals surface area contributed by atoms with Crippen LogP contribution >= 0.6 is 0 Å². The predicted molar refractivity (Wildman–Crippen MR) is 87.5 cm³/mol. The molecule has 0 spiro atoms. The van der Waals surface area contributed by atoms with Crippen molar-refractivity contribution in [3.05, 3.63) is 65.5 Å². The number of H-pyrrole nitrogens is 1. The normalized spacial score (nSPS) is 12.3. The minimum Gasteiger partial charge on any atom is -0.346 e. The van der Waals surface area contributed by atoms with Crippen LogP contribution in [0, 0.1) is 6.92 Å². The number of hydrogen-bond acceptors (Lipinski definition) is 2. The van der Waals surface area contributed by atoms with Crippen molar-refractivity contribution in [2.75, 3.05) is 0 Å². The molecule has 0 saturated carbocycles. The summed E-state index contributed by atoms with van der Waals surface area (Å²) in [5, 5.41) is 2.99. The number of benzene rings is 2. The van der Waals surface area contributed by atoms with Gasteiger partial charge in [0, 0.05) is 0 Å². The predicted octanol–water partition coefficient (Wildman–Crippen LogP) is 3.29. The Morgan fingerprint density at radius 2 is 1.91 bits per heavy atom. The van der Waals surface area contributed by atoms with Crippen molar-refractivity contribution in [3.63, 3.8) is 0 Å². The third-order valence-corrected chi connectivity index (χ3v) is 3.68. The maximum Gasteiger partial charge on any atom is 0.224 e. The van der Waals surface area contributed by atoms with Gasteiger partial charge < -0.3 is 10.3 Å². The molecule has 0 saturated heterocycles. The molecule has 0 aliphatic heterocycles. The molecule has 3 rings (SSSR count). The number of aromatic nitrogens is 2. The third kappa shape index (κ3) is 3.17. The Bertz CT molecular complexity index is 756. The second-order valence-electron chi connectivity index (χ2n) is 5.59. The fraction of sp³-hybridized carbons (Fsp3) is 0.222. The minimum atomic E-state index is -0.148. The molecule has 0 unspecified atom stereocenters. The van der Waals surface area contributed by atoms with Crippen molar-refractivity contribution >= 4 is 16.9 Å². The summed E-state index contributed by atoms with van der Waals surface area (Å²) in [6.45, 7) is 3.97. The lowest BCUT2D eigenvalue weighted by atomic mass is 10.1. The average molecular weight is 293 g/mol. The number of nitrogens with zero attached hydrogens (tertiary/aromatic N) is 1. The van der Waals surface area contributed by atoms with Gasteiger partial charge in [0.25, 0.3) is 0 Å². The summed E-state index contributed by atoms with van der Waals surface area (Å²) < 4.78 is 0. The summed E-state index contributed by atoms with van der Waals surface area (Å²) in [4.78, 5) is 19.9. The zero-order valence-electron chi connectivity index (χ0n) is 12.8. The van der Waals surface area contributed by atoms with Crippen LogP contribution in [0.15, 0.2) is 48.5 Å². The molecule has 0 aliphatic rings. The Kier molecular flexibility index (Phi) is 3.92. The molecule has 0 radical (unpaired) electrons. The van der Waals surface area contributed by atoms with Crippen LogP contribution in [0.5, 0.6) is 0 Å². The van der Waals surface area contributed by atoms with Crippen LogP contribution in [0.1, 0.15) is 29.9 Å². The highest BCUT2D eigenvalue weighted by Crippen LogP contribution is 2.15. The van der Waals surface area contributed by atoms with Gasteiger partial charge >= 0.3 is 0 Å². The van der Waals surface area contributed by atoms with E-state index in [9.17, 15) is 4.79 Å². The van der Waals surface area contributed by atoms with E-state index >= 15 is 0 Å². The first-order chi connectivity index (χ1) is 10.6. The summed E-state index contributed by atoms with van der Waals surface area (Å²) in [7, 11) is 0. The highest BCUT2D eigenvalue weighted by molar-refractivity contribution is 5.79. The molecular formula is C18H19N3O. The first-order valence-electron chi connectivity index (χ1n) is 7.41. The van der Waals surface area contributed by atoms with E-state index < -0.39 is 0 Å². The van der Waals surface area contributed by atoms with Crippen LogP contribution in [0.3, 0.4) is 0 Å². The van der Waals surface area contributed by atoms with E-state index in [1.807, 2.05) is 62.4 Å². The Morgan fingerprint density at radius 1 is 1.18 bits per heavy atom. The van der Waals surface area contributed by atoms with E-state index in [-0.39, 0.29) is 11.9 Å². The average Bonchev–Trinajstić information content (AvgIpc) is 2.93. The molecule has 2 N–H and O–H groups in total. The van der Waals surface area contributed by atoms with Gasteiger partial charge in [-0.15, -0.1) is 0 Å². The zero-order valence-corrected chi connectivity index (χ0v) is 12.8. The molecule has 4 nitrogen and oxygen atoms in total. The van der Waals surface area contributed by atoms with Crippen LogP contribution in [-0.2, 0) is 11.2 Å². The number of imidazole rings is 1. The van der Waals surface area contributed by atoms with Crippen LogP contribution < -0.4 is 5.32 Å². The van der Waals surface area contributed by atoms with Gasteiger partial charge in [-0.3, -0.25) is 4.79 Å². The number of para-hydroxylation sites is 2. The molecule has 0 fully saturated rings. The summed E-state index contributed by atoms with van der Waals surface area (Å²) in [6.07, 6.45) is 0.380. The quantitative estimate of drug-likeness (QED) is 0.775. The Hall–Kier alpha value is -2.62. The zero-order chi connectivity index (χ0) is 15.5. The van der Waals surface area contributed by atoms with E-state index in [1.54, 1.807) is 0 Å². The lowest BCUT2D eigenvalue weighted by molar-refractivity contribution is -0.121. The summed E-state index contributed by atoms with van der Waals surface area (Å²) >= 11 is 0. The molecule has 1 heterocycles. The number of carbonyl (C=O) groups excluding carboxylic acids is 1. The number of fused-ring (bicyclic) bond motifs is 1. The number of rotatable bonds is 4. The Labute approximate surface area is 129 Å². The molecule has 4 heteroatoms. The van der Waals surface area contributed by atoms with Crippen LogP contribution in [0.2, 0.25) is 0 Å². The first kappa shape index (κ1) is 14.3. The molecule has 22 heavy (non-hydrogen) atoms. The van der Waals surface area contributed by atoms with Gasteiger partial charge in [-0.05, 0) is 31.5 Å². The molecule has 112 valence electrons. The number of hydrogen-bond donors (Lipinski definition) is 2. The van der Waals surface area contributed by atoms with Gasteiger partial charge in [0.2, 0.25) is 5.91 Å². The molecule has 2 aromatic carbocycles. The molecule has 1 aromatic heterocycles. The first-order valence-corrected chi connectivity index (χ1v) is 7.41. The third-order valence-electron chi connectivity index (χ3n) is 3.68. The molecule has 1 amide bonds. The number of aromatic amines is 1. The number of aryl methyl sites for hydroxylation is 1. The fourth-order valence-corrected chi connectivity index (χ4v) is 2.43. The maximum atomic E-state index is 12.1. The Morgan fingerprint density at radius 3 is 2.64 bits per heavy atom. The highest BCUT2D eigenvalue weighted by Gasteiger charge is 2.13. The molecule has 1 atom stereocenters. The lowest BCUT2D eigenvalue weighted by Gasteiger charge is -2.11. The van der Waals surface area contributed by atoms with Crippen molar-refractivity contribution < 1.29 is 4.79 Å². The summed E-state index contributed by atoms with van der Waals surface area (Å²) in [5.74, 6) is 0.773. The molecular weight excluding hydrogens is 274 g/mol. The SMILES string of the molecule is Cc1ccc(CC(=O)N[C@H](C)c2nc3ccccc3[nH]2)cc1. The molecule has 0 aliphatic carbocycles. The number of amides is 1. The molecule has 3 aromatic rings. The monoisotopic (exact) mass is 293 g/mol. The van der Waals surface area contributed by atoms with E-state index in [2.05, 4.69) is 15.3 Å². The van der Waals surface area contributed by atoms with Crippen molar-refractivity contribution in [3.8, 4) is 0 Å². The maximum absolute atomic E-state index is 12.1. The van der Waals surface area contributed by atoms with Crippen molar-refractivity contribution in [1.82, 2.24) is 15.3 Å². The van der Waals surface area contributed by atoms with Gasteiger partial charge in [-0.2, -0.15) is 0 Å². The van der Waals surface area contributed by atoms with Crippen LogP contribution in [0.4, 0.5) is 0 Å². The molecule has 0 bridgehead atoms. The van der Waals surface area contributed by atoms with Crippen molar-refractivity contribution in [1.29, 1.82) is 0 Å².